The van der Waals surface area contributed by atoms with Crippen LogP contribution in [0, 0.1) is 5.82 Å². The monoisotopic (exact) mass is 293 g/mol. The lowest BCUT2D eigenvalue weighted by molar-refractivity contribution is 0.102. The fourth-order valence-electron chi connectivity index (χ4n) is 1.68. The van der Waals surface area contributed by atoms with E-state index in [0.717, 1.165) is 0 Å². The fourth-order valence-corrected chi connectivity index (χ4v) is 1.90. The number of pyridine rings is 1. The minimum atomic E-state index is -0.504. The van der Waals surface area contributed by atoms with Crippen LogP contribution < -0.4 is 10.6 Å². The molecule has 1 heterocycles. The van der Waals surface area contributed by atoms with E-state index >= 15 is 0 Å². The summed E-state index contributed by atoms with van der Waals surface area (Å²) in [5.74, 6) is -0.249. The second-order valence-electron chi connectivity index (χ2n) is 4.07. The lowest BCUT2D eigenvalue weighted by Crippen LogP contribution is -2.13. The zero-order chi connectivity index (χ0) is 14.5. The third-order valence-electron chi connectivity index (χ3n) is 2.50. The molecular formula is C14H13ClFN3O. The molecule has 1 amide bonds. The van der Waals surface area contributed by atoms with Gasteiger partial charge in [-0.2, -0.15) is 0 Å². The molecule has 0 radical (unpaired) electrons. The van der Waals surface area contributed by atoms with Gasteiger partial charge in [-0.3, -0.25) is 4.79 Å². The summed E-state index contributed by atoms with van der Waals surface area (Å²) in [5, 5.41) is 5.83. The Labute approximate surface area is 121 Å². The Bertz CT molecular complexity index is 613. The first-order chi connectivity index (χ1) is 9.58. The molecule has 0 aliphatic carbocycles. The van der Waals surface area contributed by atoms with Gasteiger partial charge in [0.05, 0.1) is 0 Å². The molecule has 1 aromatic heterocycles. The van der Waals surface area contributed by atoms with Crippen LogP contribution in [0.4, 0.5) is 15.9 Å². The Morgan fingerprint density at radius 1 is 1.35 bits per heavy atom. The molecule has 0 atom stereocenters. The lowest BCUT2D eigenvalue weighted by Gasteiger charge is -2.07. The molecule has 0 unspecified atom stereocenters. The van der Waals surface area contributed by atoms with Gasteiger partial charge in [-0.25, -0.2) is 9.37 Å². The average Bonchev–Trinajstić information content (AvgIpc) is 2.38. The number of benzene rings is 1. The van der Waals surface area contributed by atoms with Gasteiger partial charge in [-0.15, -0.1) is 0 Å². The van der Waals surface area contributed by atoms with Gasteiger partial charge in [0, 0.05) is 29.0 Å². The van der Waals surface area contributed by atoms with Gasteiger partial charge in [0.25, 0.3) is 5.91 Å². The van der Waals surface area contributed by atoms with E-state index in [1.165, 1.54) is 24.4 Å². The Kier molecular flexibility index (Phi) is 4.53. The quantitative estimate of drug-likeness (QED) is 0.906. The largest absolute Gasteiger partial charge is 0.370 e. The standard InChI is InChI=1S/C14H13ClFN3O/c1-2-17-13-5-9(3-4-18-13)14(20)19-12-7-10(15)6-11(16)8-12/h3-8H,2H2,1H3,(H,17,18)(H,19,20). The van der Waals surface area contributed by atoms with Crippen molar-refractivity contribution < 1.29 is 9.18 Å². The summed E-state index contributed by atoms with van der Waals surface area (Å²) in [6, 6.07) is 7.06. The molecule has 4 nitrogen and oxygen atoms in total. The predicted octanol–water partition coefficient (Wildman–Crippen LogP) is 3.56. The van der Waals surface area contributed by atoms with Gasteiger partial charge < -0.3 is 10.6 Å². The highest BCUT2D eigenvalue weighted by molar-refractivity contribution is 6.31. The molecule has 104 valence electrons. The molecule has 0 aliphatic rings. The molecule has 0 fully saturated rings. The fraction of sp³-hybridized carbons (Fsp3) is 0.143. The highest BCUT2D eigenvalue weighted by Gasteiger charge is 2.08. The maximum Gasteiger partial charge on any atom is 0.255 e. The van der Waals surface area contributed by atoms with Gasteiger partial charge in [0.15, 0.2) is 0 Å². The molecule has 20 heavy (non-hydrogen) atoms. The van der Waals surface area contributed by atoms with Crippen LogP contribution in [0.3, 0.4) is 0 Å². The maximum absolute atomic E-state index is 13.2. The molecule has 0 bridgehead atoms. The second kappa shape index (κ2) is 6.34. The predicted molar refractivity (Wildman–Crippen MR) is 77.8 cm³/mol. The molecule has 6 heteroatoms. The number of halogens is 2. The van der Waals surface area contributed by atoms with Crippen LogP contribution in [0.2, 0.25) is 5.02 Å². The third kappa shape index (κ3) is 3.68. The summed E-state index contributed by atoms with van der Waals surface area (Å²) in [6.45, 7) is 2.64. The van der Waals surface area contributed by atoms with E-state index in [1.807, 2.05) is 6.92 Å². The van der Waals surface area contributed by atoms with Crippen LogP contribution in [0.25, 0.3) is 0 Å². The van der Waals surface area contributed by atoms with E-state index in [2.05, 4.69) is 15.6 Å². The smallest absolute Gasteiger partial charge is 0.255 e. The van der Waals surface area contributed by atoms with Gasteiger partial charge >= 0.3 is 0 Å². The number of anilines is 2. The first kappa shape index (κ1) is 14.3. The van der Waals surface area contributed by atoms with Crippen molar-refractivity contribution in [1.82, 2.24) is 4.98 Å². The third-order valence-corrected chi connectivity index (χ3v) is 2.72. The summed E-state index contributed by atoms with van der Waals surface area (Å²) < 4.78 is 13.2. The average molecular weight is 294 g/mol. The van der Waals surface area contributed by atoms with Gasteiger partial charge in [0.2, 0.25) is 0 Å². The topological polar surface area (TPSA) is 54.0 Å². The first-order valence-electron chi connectivity index (χ1n) is 6.06. The SMILES string of the molecule is CCNc1cc(C(=O)Nc2cc(F)cc(Cl)c2)ccn1. The number of nitrogens with one attached hydrogen (secondary N) is 2. The highest BCUT2D eigenvalue weighted by Crippen LogP contribution is 2.19. The van der Waals surface area contributed by atoms with Crippen molar-refractivity contribution in [3.05, 3.63) is 52.9 Å². The van der Waals surface area contributed by atoms with Gasteiger partial charge in [-0.05, 0) is 37.3 Å². The number of aromatic nitrogens is 1. The number of carbonyl (C=O) groups excluding carboxylic acids is 1. The van der Waals surface area contributed by atoms with Crippen molar-refractivity contribution in [2.24, 2.45) is 0 Å². The van der Waals surface area contributed by atoms with Crippen molar-refractivity contribution in [3.63, 3.8) is 0 Å². The molecule has 0 spiro atoms. The Morgan fingerprint density at radius 2 is 2.15 bits per heavy atom. The lowest BCUT2D eigenvalue weighted by atomic mass is 10.2. The molecule has 0 saturated carbocycles. The second-order valence-corrected chi connectivity index (χ2v) is 4.51. The first-order valence-corrected chi connectivity index (χ1v) is 6.43. The van der Waals surface area contributed by atoms with Crippen LogP contribution >= 0.6 is 11.6 Å². The summed E-state index contributed by atoms with van der Waals surface area (Å²) >= 11 is 5.73. The molecule has 2 rings (SSSR count). The van der Waals surface area contributed by atoms with Crippen molar-refractivity contribution in [3.8, 4) is 0 Å². The summed E-state index contributed by atoms with van der Waals surface area (Å²) in [5.41, 5.74) is 0.734. The number of hydrogen-bond acceptors (Lipinski definition) is 3. The van der Waals surface area contributed by atoms with E-state index in [0.29, 0.717) is 23.6 Å². The van der Waals surface area contributed by atoms with E-state index in [-0.39, 0.29) is 10.9 Å². The Hall–Kier alpha value is -2.14. The van der Waals surface area contributed by atoms with Crippen LogP contribution in [0.1, 0.15) is 17.3 Å². The van der Waals surface area contributed by atoms with E-state index in [1.54, 1.807) is 12.1 Å². The number of hydrogen-bond donors (Lipinski definition) is 2. The number of carbonyl (C=O) groups is 1. The van der Waals surface area contributed by atoms with Crippen molar-refractivity contribution in [2.75, 3.05) is 17.2 Å². The Morgan fingerprint density at radius 3 is 2.85 bits per heavy atom. The number of rotatable bonds is 4. The zero-order valence-electron chi connectivity index (χ0n) is 10.8. The molecule has 0 aliphatic heterocycles. The van der Waals surface area contributed by atoms with Crippen molar-refractivity contribution >= 4 is 29.0 Å². The summed E-state index contributed by atoms with van der Waals surface area (Å²) in [7, 11) is 0. The van der Waals surface area contributed by atoms with Crippen molar-refractivity contribution in [1.29, 1.82) is 0 Å². The highest BCUT2D eigenvalue weighted by atomic mass is 35.5. The molecule has 0 saturated heterocycles. The van der Waals surface area contributed by atoms with Crippen LogP contribution in [0.15, 0.2) is 36.5 Å². The molecule has 2 N–H and O–H groups in total. The van der Waals surface area contributed by atoms with Crippen LogP contribution in [0.5, 0.6) is 0 Å². The van der Waals surface area contributed by atoms with Crippen LogP contribution in [-0.2, 0) is 0 Å². The minimum absolute atomic E-state index is 0.225. The normalized spacial score (nSPS) is 10.2. The number of nitrogens with zero attached hydrogens (tertiary/aromatic N) is 1. The zero-order valence-corrected chi connectivity index (χ0v) is 11.5. The van der Waals surface area contributed by atoms with E-state index < -0.39 is 5.82 Å². The molecular weight excluding hydrogens is 281 g/mol. The Balaban J connectivity index is 2.17. The molecule has 1 aromatic carbocycles. The van der Waals surface area contributed by atoms with Crippen molar-refractivity contribution in [2.45, 2.75) is 6.92 Å². The van der Waals surface area contributed by atoms with Gasteiger partial charge in [0.1, 0.15) is 11.6 Å². The molecule has 2 aromatic rings. The van der Waals surface area contributed by atoms with E-state index in [9.17, 15) is 9.18 Å². The summed E-state index contributed by atoms with van der Waals surface area (Å²) in [6.07, 6.45) is 1.53. The van der Waals surface area contributed by atoms with Gasteiger partial charge in [-0.1, -0.05) is 11.6 Å². The summed E-state index contributed by atoms with van der Waals surface area (Å²) in [4.78, 5) is 16.1. The van der Waals surface area contributed by atoms with E-state index in [4.69, 9.17) is 11.6 Å². The maximum atomic E-state index is 13.2. The van der Waals surface area contributed by atoms with Crippen LogP contribution in [-0.4, -0.2) is 17.4 Å². The number of amides is 1. The minimum Gasteiger partial charge on any atom is -0.370 e.